The van der Waals surface area contributed by atoms with E-state index in [1.54, 1.807) is 4.90 Å². The van der Waals surface area contributed by atoms with Gasteiger partial charge in [0.1, 0.15) is 0 Å². The van der Waals surface area contributed by atoms with Crippen molar-refractivity contribution in [2.24, 2.45) is 0 Å². The van der Waals surface area contributed by atoms with Gasteiger partial charge in [-0.3, -0.25) is 4.90 Å². The number of carbonyl (C=O) groups is 1. The van der Waals surface area contributed by atoms with Crippen LogP contribution in [0.1, 0.15) is 5.56 Å². The number of benzene rings is 1. The number of likely N-dealkylation sites (tertiary alicyclic amines) is 1. The molecule has 24 heavy (non-hydrogen) atoms. The van der Waals surface area contributed by atoms with Crippen LogP contribution in [0.3, 0.4) is 0 Å². The topological polar surface area (TPSA) is 65.0 Å². The zero-order valence-corrected chi connectivity index (χ0v) is 13.8. The highest BCUT2D eigenvalue weighted by atomic mass is 16.5. The first kappa shape index (κ1) is 17.0. The Labute approximate surface area is 142 Å². The number of aliphatic hydroxyl groups excluding tert-OH is 1. The maximum absolute atomic E-state index is 12.3. The van der Waals surface area contributed by atoms with Gasteiger partial charge in [0.25, 0.3) is 0 Å². The van der Waals surface area contributed by atoms with Gasteiger partial charge in [-0.1, -0.05) is 42.5 Å². The molecule has 2 atom stereocenters. The summed E-state index contributed by atoms with van der Waals surface area (Å²) < 4.78 is 5.35. The van der Waals surface area contributed by atoms with Crippen LogP contribution >= 0.6 is 0 Å². The fourth-order valence-electron chi connectivity index (χ4n) is 3.22. The van der Waals surface area contributed by atoms with Crippen molar-refractivity contribution in [2.75, 3.05) is 45.9 Å². The van der Waals surface area contributed by atoms with Crippen molar-refractivity contribution in [3.05, 3.63) is 42.0 Å². The van der Waals surface area contributed by atoms with E-state index in [-0.39, 0.29) is 12.1 Å². The van der Waals surface area contributed by atoms with Crippen LogP contribution < -0.4 is 5.32 Å². The molecule has 2 aliphatic rings. The van der Waals surface area contributed by atoms with Crippen molar-refractivity contribution in [2.45, 2.75) is 12.1 Å². The second-order valence-corrected chi connectivity index (χ2v) is 6.19. The van der Waals surface area contributed by atoms with Crippen molar-refractivity contribution in [3.63, 3.8) is 0 Å². The Morgan fingerprint density at radius 3 is 2.75 bits per heavy atom. The van der Waals surface area contributed by atoms with E-state index in [1.807, 2.05) is 42.5 Å². The van der Waals surface area contributed by atoms with Crippen molar-refractivity contribution in [3.8, 4) is 0 Å². The number of ether oxygens (including phenoxy) is 1. The third-order valence-corrected chi connectivity index (χ3v) is 4.54. The molecule has 0 spiro atoms. The van der Waals surface area contributed by atoms with Gasteiger partial charge in [0.05, 0.1) is 25.4 Å². The Kier molecular flexibility index (Phi) is 5.85. The Morgan fingerprint density at radius 2 is 2.00 bits per heavy atom. The summed E-state index contributed by atoms with van der Waals surface area (Å²) in [5, 5.41) is 13.1. The smallest absolute Gasteiger partial charge is 0.317 e. The van der Waals surface area contributed by atoms with Crippen LogP contribution in [0.25, 0.3) is 6.08 Å². The number of aliphatic hydroxyl groups is 1. The summed E-state index contributed by atoms with van der Waals surface area (Å²) in [5.41, 5.74) is 1.11. The number of nitrogens with one attached hydrogen (secondary N) is 1. The maximum Gasteiger partial charge on any atom is 0.317 e. The highest BCUT2D eigenvalue weighted by Gasteiger charge is 2.37. The number of hydrogen-bond acceptors (Lipinski definition) is 4. The number of carbonyl (C=O) groups excluding carboxylic acids is 1. The molecule has 0 unspecified atom stereocenters. The Bertz CT molecular complexity index is 558. The van der Waals surface area contributed by atoms with Crippen LogP contribution in [0, 0.1) is 0 Å². The maximum atomic E-state index is 12.3. The first-order valence-electron chi connectivity index (χ1n) is 8.48. The van der Waals surface area contributed by atoms with Gasteiger partial charge in [0.2, 0.25) is 0 Å². The van der Waals surface area contributed by atoms with Crippen molar-refractivity contribution >= 4 is 12.1 Å². The van der Waals surface area contributed by atoms with Crippen molar-refractivity contribution in [1.82, 2.24) is 15.1 Å². The number of rotatable bonds is 4. The fourth-order valence-corrected chi connectivity index (χ4v) is 3.22. The predicted molar refractivity (Wildman–Crippen MR) is 92.6 cm³/mol. The lowest BCUT2D eigenvalue weighted by molar-refractivity contribution is -0.00607. The SMILES string of the molecule is O=C(NC/C=C/c1ccccc1)N1C[C@H](O)[C@@H](N2CCOCC2)C1. The van der Waals surface area contributed by atoms with E-state index in [0.717, 1.165) is 18.7 Å². The molecule has 1 aromatic carbocycles. The van der Waals surface area contributed by atoms with E-state index >= 15 is 0 Å². The predicted octanol–water partition coefficient (Wildman–Crippen LogP) is 0.787. The Morgan fingerprint density at radius 1 is 1.25 bits per heavy atom. The van der Waals surface area contributed by atoms with Crippen LogP contribution in [0.15, 0.2) is 36.4 Å². The van der Waals surface area contributed by atoms with Gasteiger partial charge in [0, 0.05) is 32.7 Å². The molecule has 6 nitrogen and oxygen atoms in total. The lowest BCUT2D eigenvalue weighted by atomic mass is 10.2. The molecule has 2 saturated heterocycles. The van der Waals surface area contributed by atoms with Gasteiger partial charge in [-0.05, 0) is 5.56 Å². The normalized spacial score (nSPS) is 25.3. The summed E-state index contributed by atoms with van der Waals surface area (Å²) in [6, 6.07) is 9.86. The minimum absolute atomic E-state index is 0.0134. The first-order chi connectivity index (χ1) is 11.7. The minimum atomic E-state index is -0.492. The fraction of sp³-hybridized carbons (Fsp3) is 0.500. The second kappa shape index (κ2) is 8.28. The van der Waals surface area contributed by atoms with Crippen LogP contribution in [-0.2, 0) is 4.74 Å². The summed E-state index contributed by atoms with van der Waals surface area (Å²) in [4.78, 5) is 16.2. The standard InChI is InChI=1S/C18H25N3O3/c22-17-14-21(13-16(17)20-9-11-24-12-10-20)18(23)19-8-4-7-15-5-2-1-3-6-15/h1-7,16-17,22H,8-14H2,(H,19,23)/b7-4+/t16-,17-/m0/s1. The van der Waals surface area contributed by atoms with E-state index < -0.39 is 6.10 Å². The van der Waals surface area contributed by atoms with Gasteiger partial charge in [-0.15, -0.1) is 0 Å². The van der Waals surface area contributed by atoms with Crippen LogP contribution in [0.5, 0.6) is 0 Å². The zero-order chi connectivity index (χ0) is 16.8. The van der Waals surface area contributed by atoms with E-state index in [1.165, 1.54) is 0 Å². The highest BCUT2D eigenvalue weighted by Crippen LogP contribution is 2.17. The summed E-state index contributed by atoms with van der Waals surface area (Å²) in [6.07, 6.45) is 3.42. The van der Waals surface area contributed by atoms with Crippen molar-refractivity contribution < 1.29 is 14.6 Å². The van der Waals surface area contributed by atoms with Gasteiger partial charge in [-0.2, -0.15) is 0 Å². The third-order valence-electron chi connectivity index (χ3n) is 4.54. The highest BCUT2D eigenvalue weighted by molar-refractivity contribution is 5.75. The zero-order valence-electron chi connectivity index (χ0n) is 13.8. The first-order valence-corrected chi connectivity index (χ1v) is 8.48. The summed E-state index contributed by atoms with van der Waals surface area (Å²) in [5.74, 6) is 0. The summed E-state index contributed by atoms with van der Waals surface area (Å²) in [7, 11) is 0. The van der Waals surface area contributed by atoms with Gasteiger partial charge in [0.15, 0.2) is 0 Å². The van der Waals surface area contributed by atoms with E-state index in [9.17, 15) is 9.90 Å². The van der Waals surface area contributed by atoms with Crippen LogP contribution in [0.2, 0.25) is 0 Å². The molecule has 2 aliphatic heterocycles. The van der Waals surface area contributed by atoms with Crippen LogP contribution in [0.4, 0.5) is 4.79 Å². The molecule has 6 heteroatoms. The Hall–Kier alpha value is -1.89. The molecule has 2 N–H and O–H groups in total. The van der Waals surface area contributed by atoms with Gasteiger partial charge < -0.3 is 20.1 Å². The lowest BCUT2D eigenvalue weighted by Crippen LogP contribution is -2.49. The number of amides is 2. The molecule has 0 saturated carbocycles. The average molecular weight is 331 g/mol. The van der Waals surface area contributed by atoms with Crippen LogP contribution in [-0.4, -0.2) is 79.0 Å². The number of nitrogens with zero attached hydrogens (tertiary/aromatic N) is 2. The minimum Gasteiger partial charge on any atom is -0.390 e. The molecule has 0 radical (unpaired) electrons. The molecule has 3 rings (SSSR count). The second-order valence-electron chi connectivity index (χ2n) is 6.19. The monoisotopic (exact) mass is 331 g/mol. The molecule has 0 bridgehead atoms. The molecule has 2 fully saturated rings. The molecular weight excluding hydrogens is 306 g/mol. The number of β-amino-alcohol motifs (C(OH)–C–C–N with tert-alkyl or cyclic N) is 1. The largest absolute Gasteiger partial charge is 0.390 e. The number of morpholine rings is 1. The number of urea groups is 1. The summed E-state index contributed by atoms with van der Waals surface area (Å²) in [6.45, 7) is 4.45. The van der Waals surface area contributed by atoms with E-state index in [0.29, 0.717) is 32.8 Å². The third kappa shape index (κ3) is 4.35. The molecule has 2 amide bonds. The van der Waals surface area contributed by atoms with Gasteiger partial charge >= 0.3 is 6.03 Å². The molecule has 1 aromatic rings. The Balaban J connectivity index is 1.44. The average Bonchev–Trinajstić information content (AvgIpc) is 3.02. The van der Waals surface area contributed by atoms with E-state index in [4.69, 9.17) is 4.74 Å². The lowest BCUT2D eigenvalue weighted by Gasteiger charge is -2.33. The molecule has 130 valence electrons. The van der Waals surface area contributed by atoms with Gasteiger partial charge in [-0.25, -0.2) is 4.79 Å². The van der Waals surface area contributed by atoms with Crippen molar-refractivity contribution in [1.29, 1.82) is 0 Å². The van der Waals surface area contributed by atoms with E-state index in [2.05, 4.69) is 10.2 Å². The molecule has 2 heterocycles. The number of hydrogen-bond donors (Lipinski definition) is 2. The quantitative estimate of drug-likeness (QED) is 0.856. The molecular formula is C18H25N3O3. The molecule has 0 aliphatic carbocycles. The molecule has 0 aromatic heterocycles. The summed E-state index contributed by atoms with van der Waals surface area (Å²) >= 11 is 0.